The van der Waals surface area contributed by atoms with Crippen LogP contribution in [-0.2, 0) is 17.9 Å². The molecule has 0 saturated carbocycles. The minimum absolute atomic E-state index is 0.123. The molecule has 5 nitrogen and oxygen atoms in total. The third-order valence-electron chi connectivity index (χ3n) is 3.09. The number of nitrogens with one attached hydrogen (secondary N) is 2. The number of H-pyrrole nitrogens is 1. The molecule has 0 spiro atoms. The zero-order valence-electron chi connectivity index (χ0n) is 11.8. The number of hydrogen-bond donors (Lipinski definition) is 2. The van der Waals surface area contributed by atoms with Gasteiger partial charge in [-0.1, -0.05) is 24.3 Å². The van der Waals surface area contributed by atoms with Crippen molar-refractivity contribution in [2.45, 2.75) is 27.0 Å². The van der Waals surface area contributed by atoms with Gasteiger partial charge in [-0.05, 0) is 25.0 Å². The highest BCUT2D eigenvalue weighted by molar-refractivity contribution is 5.94. The Bertz CT molecular complexity index is 578. The Morgan fingerprint density at radius 3 is 2.75 bits per heavy atom. The highest BCUT2D eigenvalue weighted by Crippen LogP contribution is 2.11. The number of benzene rings is 1. The second-order valence-electron chi connectivity index (χ2n) is 4.50. The first-order valence-electron chi connectivity index (χ1n) is 6.65. The summed E-state index contributed by atoms with van der Waals surface area (Å²) >= 11 is 0. The Kier molecular flexibility index (Phi) is 4.90. The molecule has 106 valence electrons. The Morgan fingerprint density at radius 2 is 2.10 bits per heavy atom. The summed E-state index contributed by atoms with van der Waals surface area (Å²) in [6.07, 6.45) is 1.54. The Labute approximate surface area is 118 Å². The first-order chi connectivity index (χ1) is 9.72. The average molecular weight is 273 g/mol. The van der Waals surface area contributed by atoms with E-state index in [1.807, 2.05) is 38.1 Å². The van der Waals surface area contributed by atoms with Crippen LogP contribution in [0.15, 0.2) is 30.5 Å². The zero-order chi connectivity index (χ0) is 14.4. The van der Waals surface area contributed by atoms with Crippen molar-refractivity contribution < 1.29 is 9.53 Å². The summed E-state index contributed by atoms with van der Waals surface area (Å²) in [5.41, 5.74) is 3.51. The number of amides is 1. The monoisotopic (exact) mass is 273 g/mol. The van der Waals surface area contributed by atoms with E-state index in [1.165, 1.54) is 6.20 Å². The number of ether oxygens (including phenoxy) is 1. The molecule has 1 aromatic heterocycles. The molecular formula is C15H19N3O2. The fourth-order valence-corrected chi connectivity index (χ4v) is 1.93. The summed E-state index contributed by atoms with van der Waals surface area (Å²) in [5, 5.41) is 9.51. The van der Waals surface area contributed by atoms with Crippen LogP contribution in [0.3, 0.4) is 0 Å². The van der Waals surface area contributed by atoms with Gasteiger partial charge in [-0.3, -0.25) is 9.89 Å². The fraction of sp³-hybridized carbons (Fsp3) is 0.333. The number of hydrogen-bond acceptors (Lipinski definition) is 3. The van der Waals surface area contributed by atoms with Gasteiger partial charge in [0.15, 0.2) is 0 Å². The van der Waals surface area contributed by atoms with Crippen molar-refractivity contribution in [3.63, 3.8) is 0 Å². The van der Waals surface area contributed by atoms with Crippen LogP contribution < -0.4 is 5.32 Å². The Hall–Kier alpha value is -2.14. The summed E-state index contributed by atoms with van der Waals surface area (Å²) in [5.74, 6) is -0.123. The van der Waals surface area contributed by atoms with Crippen LogP contribution in [0.25, 0.3) is 0 Å². The number of rotatable bonds is 6. The van der Waals surface area contributed by atoms with Gasteiger partial charge in [-0.15, -0.1) is 0 Å². The molecule has 0 atom stereocenters. The lowest BCUT2D eigenvalue weighted by Crippen LogP contribution is -2.23. The minimum Gasteiger partial charge on any atom is -0.377 e. The molecule has 0 aliphatic heterocycles. The van der Waals surface area contributed by atoms with E-state index in [0.717, 1.165) is 16.8 Å². The van der Waals surface area contributed by atoms with E-state index in [0.29, 0.717) is 25.3 Å². The van der Waals surface area contributed by atoms with Crippen LogP contribution in [-0.4, -0.2) is 22.7 Å². The van der Waals surface area contributed by atoms with Gasteiger partial charge in [0.1, 0.15) is 0 Å². The van der Waals surface area contributed by atoms with Gasteiger partial charge in [0, 0.05) is 18.8 Å². The van der Waals surface area contributed by atoms with Crippen molar-refractivity contribution in [3.05, 3.63) is 52.8 Å². The Balaban J connectivity index is 2.00. The quantitative estimate of drug-likeness (QED) is 0.847. The molecule has 0 bridgehead atoms. The van der Waals surface area contributed by atoms with E-state index in [1.54, 1.807) is 0 Å². The summed E-state index contributed by atoms with van der Waals surface area (Å²) < 4.78 is 5.43. The standard InChI is InChI=1S/C15H19N3O2/c1-3-20-10-13-7-5-4-6-12(13)8-16-15(19)14-9-17-18-11(14)2/h4-7,9H,3,8,10H2,1-2H3,(H,16,19)(H,17,18). The largest absolute Gasteiger partial charge is 0.377 e. The van der Waals surface area contributed by atoms with Crippen molar-refractivity contribution in [3.8, 4) is 0 Å². The van der Waals surface area contributed by atoms with Gasteiger partial charge in [0.05, 0.1) is 18.4 Å². The van der Waals surface area contributed by atoms with Gasteiger partial charge >= 0.3 is 0 Å². The maximum Gasteiger partial charge on any atom is 0.255 e. The van der Waals surface area contributed by atoms with Crippen LogP contribution >= 0.6 is 0 Å². The summed E-state index contributed by atoms with van der Waals surface area (Å²) in [7, 11) is 0. The average Bonchev–Trinajstić information content (AvgIpc) is 2.89. The number of aromatic nitrogens is 2. The molecule has 0 saturated heterocycles. The van der Waals surface area contributed by atoms with Gasteiger partial charge in [0.2, 0.25) is 0 Å². The molecule has 2 aromatic rings. The number of aryl methyl sites for hydroxylation is 1. The van der Waals surface area contributed by atoms with Crippen molar-refractivity contribution in [2.24, 2.45) is 0 Å². The normalized spacial score (nSPS) is 10.5. The Morgan fingerprint density at radius 1 is 1.35 bits per heavy atom. The molecule has 0 radical (unpaired) electrons. The van der Waals surface area contributed by atoms with E-state index < -0.39 is 0 Å². The first kappa shape index (κ1) is 14.3. The van der Waals surface area contributed by atoms with Crippen molar-refractivity contribution in [2.75, 3.05) is 6.61 Å². The van der Waals surface area contributed by atoms with E-state index in [9.17, 15) is 4.79 Å². The number of nitrogens with zero attached hydrogens (tertiary/aromatic N) is 1. The molecular weight excluding hydrogens is 254 g/mol. The number of aromatic amines is 1. The fourth-order valence-electron chi connectivity index (χ4n) is 1.93. The predicted octanol–water partition coefficient (Wildman–Crippen LogP) is 2.18. The lowest BCUT2D eigenvalue weighted by Gasteiger charge is -2.10. The summed E-state index contributed by atoms with van der Waals surface area (Å²) in [6, 6.07) is 7.94. The van der Waals surface area contributed by atoms with Crippen LogP contribution in [0, 0.1) is 6.92 Å². The van der Waals surface area contributed by atoms with Crippen LogP contribution in [0.2, 0.25) is 0 Å². The second kappa shape index (κ2) is 6.86. The molecule has 1 aromatic carbocycles. The molecule has 5 heteroatoms. The van der Waals surface area contributed by atoms with Gasteiger partial charge in [-0.2, -0.15) is 5.10 Å². The second-order valence-corrected chi connectivity index (χ2v) is 4.50. The smallest absolute Gasteiger partial charge is 0.255 e. The molecule has 0 fully saturated rings. The molecule has 1 amide bonds. The SMILES string of the molecule is CCOCc1ccccc1CNC(=O)c1cn[nH]c1C. The van der Waals surface area contributed by atoms with Gasteiger partial charge in [0.25, 0.3) is 5.91 Å². The molecule has 0 aliphatic carbocycles. The summed E-state index contributed by atoms with van der Waals surface area (Å²) in [4.78, 5) is 12.0. The maximum absolute atomic E-state index is 12.0. The maximum atomic E-state index is 12.0. The van der Waals surface area contributed by atoms with Gasteiger partial charge < -0.3 is 10.1 Å². The van der Waals surface area contributed by atoms with E-state index in [2.05, 4.69) is 15.5 Å². The van der Waals surface area contributed by atoms with Crippen molar-refractivity contribution in [1.82, 2.24) is 15.5 Å². The topological polar surface area (TPSA) is 67.0 Å². The molecule has 1 heterocycles. The van der Waals surface area contributed by atoms with Gasteiger partial charge in [-0.25, -0.2) is 0 Å². The first-order valence-corrected chi connectivity index (χ1v) is 6.65. The van der Waals surface area contributed by atoms with Crippen LogP contribution in [0.4, 0.5) is 0 Å². The third-order valence-corrected chi connectivity index (χ3v) is 3.09. The van der Waals surface area contributed by atoms with Crippen LogP contribution in [0.5, 0.6) is 0 Å². The van der Waals surface area contributed by atoms with E-state index >= 15 is 0 Å². The number of carbonyl (C=O) groups is 1. The molecule has 0 aliphatic rings. The highest BCUT2D eigenvalue weighted by Gasteiger charge is 2.11. The minimum atomic E-state index is -0.123. The molecule has 2 rings (SSSR count). The third kappa shape index (κ3) is 3.45. The molecule has 0 unspecified atom stereocenters. The molecule has 2 N–H and O–H groups in total. The lowest BCUT2D eigenvalue weighted by molar-refractivity contribution is 0.0949. The van der Waals surface area contributed by atoms with Crippen molar-refractivity contribution in [1.29, 1.82) is 0 Å². The lowest BCUT2D eigenvalue weighted by atomic mass is 10.1. The predicted molar refractivity (Wildman–Crippen MR) is 76.3 cm³/mol. The van der Waals surface area contributed by atoms with E-state index in [-0.39, 0.29) is 5.91 Å². The number of carbonyl (C=O) groups excluding carboxylic acids is 1. The zero-order valence-corrected chi connectivity index (χ0v) is 11.8. The summed E-state index contributed by atoms with van der Waals surface area (Å²) in [6.45, 7) is 5.51. The van der Waals surface area contributed by atoms with E-state index in [4.69, 9.17) is 4.74 Å². The van der Waals surface area contributed by atoms with Crippen LogP contribution in [0.1, 0.15) is 34.1 Å². The highest BCUT2D eigenvalue weighted by atomic mass is 16.5. The molecule has 20 heavy (non-hydrogen) atoms. The van der Waals surface area contributed by atoms with Crippen molar-refractivity contribution >= 4 is 5.91 Å².